The zero-order valence-corrected chi connectivity index (χ0v) is 8.52. The molecular formula is C12H15NO2. The first-order valence-electron chi connectivity index (χ1n) is 5.28. The summed E-state index contributed by atoms with van der Waals surface area (Å²) in [7, 11) is 0. The van der Waals surface area contributed by atoms with E-state index in [0.29, 0.717) is 18.5 Å². The second-order valence-electron chi connectivity index (χ2n) is 3.92. The molecule has 2 atom stereocenters. The summed E-state index contributed by atoms with van der Waals surface area (Å²) in [5.74, 6) is 0.0781. The van der Waals surface area contributed by atoms with E-state index in [4.69, 9.17) is 0 Å². The molecule has 2 rings (SSSR count). The number of aliphatic hydroxyl groups excluding tert-OH is 1. The normalized spacial score (nSPS) is 26.2. The maximum Gasteiger partial charge on any atom is 0.179 e. The number of carbonyl (C=O) groups excluding carboxylic acids is 1. The van der Waals surface area contributed by atoms with Crippen molar-refractivity contribution in [1.29, 1.82) is 0 Å². The van der Waals surface area contributed by atoms with Gasteiger partial charge in [0, 0.05) is 5.56 Å². The highest BCUT2D eigenvalue weighted by molar-refractivity contribution is 6.00. The van der Waals surface area contributed by atoms with Crippen molar-refractivity contribution in [2.45, 2.75) is 25.0 Å². The Kier molecular flexibility index (Phi) is 3.14. The SMILES string of the molecule is O=C(c1ccccc1)C1CC(O)CCN1. The molecule has 1 aliphatic heterocycles. The van der Waals surface area contributed by atoms with Crippen LogP contribution in [-0.2, 0) is 0 Å². The molecule has 1 aromatic carbocycles. The zero-order chi connectivity index (χ0) is 10.7. The monoisotopic (exact) mass is 205 g/mol. The van der Waals surface area contributed by atoms with Crippen molar-refractivity contribution in [3.63, 3.8) is 0 Å². The van der Waals surface area contributed by atoms with Crippen molar-refractivity contribution in [3.05, 3.63) is 35.9 Å². The largest absolute Gasteiger partial charge is 0.393 e. The molecule has 1 fully saturated rings. The zero-order valence-electron chi connectivity index (χ0n) is 8.52. The van der Waals surface area contributed by atoms with Crippen molar-refractivity contribution in [1.82, 2.24) is 5.32 Å². The Hall–Kier alpha value is -1.19. The summed E-state index contributed by atoms with van der Waals surface area (Å²) in [4.78, 5) is 12.0. The number of Topliss-reactive ketones (excluding diaryl/α,β-unsaturated/α-hetero) is 1. The van der Waals surface area contributed by atoms with E-state index < -0.39 is 0 Å². The third kappa shape index (κ3) is 2.43. The average molecular weight is 205 g/mol. The van der Waals surface area contributed by atoms with Crippen LogP contribution in [0, 0.1) is 0 Å². The fraction of sp³-hybridized carbons (Fsp3) is 0.417. The topological polar surface area (TPSA) is 49.3 Å². The Balaban J connectivity index is 2.08. The average Bonchev–Trinajstić information content (AvgIpc) is 2.29. The molecule has 3 heteroatoms. The lowest BCUT2D eigenvalue weighted by atomic mass is 9.95. The second-order valence-corrected chi connectivity index (χ2v) is 3.92. The minimum Gasteiger partial charge on any atom is -0.393 e. The van der Waals surface area contributed by atoms with E-state index in [9.17, 15) is 9.90 Å². The van der Waals surface area contributed by atoms with E-state index in [2.05, 4.69) is 5.32 Å². The predicted molar refractivity (Wildman–Crippen MR) is 57.8 cm³/mol. The maximum absolute atomic E-state index is 12.0. The molecule has 0 amide bonds. The van der Waals surface area contributed by atoms with E-state index in [-0.39, 0.29) is 17.9 Å². The molecule has 0 aliphatic carbocycles. The van der Waals surface area contributed by atoms with Crippen molar-refractivity contribution in [2.75, 3.05) is 6.54 Å². The van der Waals surface area contributed by atoms with Crippen LogP contribution in [0.4, 0.5) is 0 Å². The Bertz CT molecular complexity index is 337. The Morgan fingerprint density at radius 3 is 2.73 bits per heavy atom. The van der Waals surface area contributed by atoms with Crippen molar-refractivity contribution in [3.8, 4) is 0 Å². The third-order valence-electron chi connectivity index (χ3n) is 2.75. The molecule has 80 valence electrons. The van der Waals surface area contributed by atoms with Crippen LogP contribution in [0.2, 0.25) is 0 Å². The highest BCUT2D eigenvalue weighted by Gasteiger charge is 2.25. The van der Waals surface area contributed by atoms with Gasteiger partial charge in [-0.15, -0.1) is 0 Å². The fourth-order valence-electron chi connectivity index (χ4n) is 1.90. The molecule has 0 radical (unpaired) electrons. The van der Waals surface area contributed by atoms with E-state index >= 15 is 0 Å². The Morgan fingerprint density at radius 2 is 2.07 bits per heavy atom. The summed E-state index contributed by atoms with van der Waals surface area (Å²) in [5.41, 5.74) is 0.712. The molecule has 0 bridgehead atoms. The molecule has 2 unspecified atom stereocenters. The number of aliphatic hydroxyl groups is 1. The number of rotatable bonds is 2. The number of hydrogen-bond acceptors (Lipinski definition) is 3. The number of carbonyl (C=O) groups is 1. The fourth-order valence-corrected chi connectivity index (χ4v) is 1.90. The van der Waals surface area contributed by atoms with Gasteiger partial charge in [0.15, 0.2) is 5.78 Å². The summed E-state index contributed by atoms with van der Waals surface area (Å²) in [5, 5.41) is 12.6. The molecule has 0 saturated carbocycles. The lowest BCUT2D eigenvalue weighted by Gasteiger charge is -2.26. The summed E-state index contributed by atoms with van der Waals surface area (Å²) < 4.78 is 0. The minimum absolute atomic E-state index is 0.0781. The highest BCUT2D eigenvalue weighted by atomic mass is 16.3. The first-order valence-corrected chi connectivity index (χ1v) is 5.28. The summed E-state index contributed by atoms with van der Waals surface area (Å²) in [6.45, 7) is 0.713. The van der Waals surface area contributed by atoms with Gasteiger partial charge in [-0.2, -0.15) is 0 Å². The van der Waals surface area contributed by atoms with Crippen molar-refractivity contribution < 1.29 is 9.90 Å². The number of ketones is 1. The van der Waals surface area contributed by atoms with Gasteiger partial charge in [0.25, 0.3) is 0 Å². The molecule has 1 saturated heterocycles. The van der Waals surface area contributed by atoms with Gasteiger partial charge >= 0.3 is 0 Å². The number of nitrogens with one attached hydrogen (secondary N) is 1. The van der Waals surface area contributed by atoms with Gasteiger partial charge < -0.3 is 10.4 Å². The highest BCUT2D eigenvalue weighted by Crippen LogP contribution is 2.13. The van der Waals surface area contributed by atoms with E-state index in [1.807, 2.05) is 30.3 Å². The van der Waals surface area contributed by atoms with Crippen LogP contribution < -0.4 is 5.32 Å². The maximum atomic E-state index is 12.0. The van der Waals surface area contributed by atoms with Gasteiger partial charge in [0.1, 0.15) is 0 Å². The van der Waals surface area contributed by atoms with Crippen LogP contribution in [0.3, 0.4) is 0 Å². The first-order chi connectivity index (χ1) is 7.27. The number of benzene rings is 1. The van der Waals surface area contributed by atoms with Crippen LogP contribution in [0.5, 0.6) is 0 Å². The van der Waals surface area contributed by atoms with Gasteiger partial charge in [0.2, 0.25) is 0 Å². The van der Waals surface area contributed by atoms with Crippen LogP contribution in [0.15, 0.2) is 30.3 Å². The Morgan fingerprint density at radius 1 is 1.33 bits per heavy atom. The van der Waals surface area contributed by atoms with Crippen LogP contribution in [0.25, 0.3) is 0 Å². The van der Waals surface area contributed by atoms with Gasteiger partial charge in [-0.25, -0.2) is 0 Å². The first kappa shape index (κ1) is 10.3. The van der Waals surface area contributed by atoms with Gasteiger partial charge in [0.05, 0.1) is 12.1 Å². The molecular weight excluding hydrogens is 190 g/mol. The molecule has 0 aromatic heterocycles. The molecule has 1 aromatic rings. The number of piperidine rings is 1. The van der Waals surface area contributed by atoms with Crippen molar-refractivity contribution >= 4 is 5.78 Å². The molecule has 0 spiro atoms. The lowest BCUT2D eigenvalue weighted by Crippen LogP contribution is -2.45. The molecule has 1 aliphatic rings. The second kappa shape index (κ2) is 4.55. The standard InChI is InChI=1S/C12H15NO2/c14-10-6-7-13-11(8-10)12(15)9-4-2-1-3-5-9/h1-5,10-11,13-14H,6-8H2. The van der Waals surface area contributed by atoms with Gasteiger partial charge in [-0.05, 0) is 19.4 Å². The van der Waals surface area contributed by atoms with Gasteiger partial charge in [-0.1, -0.05) is 30.3 Å². The summed E-state index contributed by atoms with van der Waals surface area (Å²) in [6.07, 6.45) is 0.913. The molecule has 3 nitrogen and oxygen atoms in total. The molecule has 1 heterocycles. The predicted octanol–water partition coefficient (Wildman–Crippen LogP) is 0.982. The van der Waals surface area contributed by atoms with Crippen LogP contribution in [-0.4, -0.2) is 29.6 Å². The van der Waals surface area contributed by atoms with Crippen molar-refractivity contribution in [2.24, 2.45) is 0 Å². The molecule has 2 N–H and O–H groups in total. The summed E-state index contributed by atoms with van der Waals surface area (Å²) >= 11 is 0. The summed E-state index contributed by atoms with van der Waals surface area (Å²) in [6, 6.07) is 8.99. The number of hydrogen-bond donors (Lipinski definition) is 2. The van der Waals surface area contributed by atoms with E-state index in [0.717, 1.165) is 6.42 Å². The van der Waals surface area contributed by atoms with E-state index in [1.165, 1.54) is 0 Å². The molecule has 15 heavy (non-hydrogen) atoms. The van der Waals surface area contributed by atoms with Gasteiger partial charge in [-0.3, -0.25) is 4.79 Å². The lowest BCUT2D eigenvalue weighted by molar-refractivity contribution is 0.0793. The minimum atomic E-state index is -0.344. The van der Waals surface area contributed by atoms with Crippen LogP contribution >= 0.6 is 0 Å². The third-order valence-corrected chi connectivity index (χ3v) is 2.75. The van der Waals surface area contributed by atoms with Crippen LogP contribution in [0.1, 0.15) is 23.2 Å². The Labute approximate surface area is 89.1 Å². The van der Waals surface area contributed by atoms with E-state index in [1.54, 1.807) is 0 Å². The smallest absolute Gasteiger partial charge is 0.179 e. The quantitative estimate of drug-likeness (QED) is 0.708.